The number of ketones is 1. The van der Waals surface area contributed by atoms with Crippen LogP contribution in [-0.2, 0) is 25.7 Å². The fraction of sp³-hybridized carbons (Fsp3) is 0.676. The lowest BCUT2D eigenvalue weighted by molar-refractivity contribution is -0.145. The summed E-state index contributed by atoms with van der Waals surface area (Å²) in [5.74, 6) is -2.44. The number of likely N-dealkylation sites (tertiary alicyclic amines) is 1. The van der Waals surface area contributed by atoms with Crippen molar-refractivity contribution in [1.29, 1.82) is 0 Å². The third kappa shape index (κ3) is 7.94. The van der Waals surface area contributed by atoms with Crippen molar-refractivity contribution in [2.75, 3.05) is 19.6 Å². The van der Waals surface area contributed by atoms with Gasteiger partial charge in [-0.15, -0.1) is 0 Å². The minimum atomic E-state index is -1.01. The second-order valence-electron chi connectivity index (χ2n) is 16.6. The minimum absolute atomic E-state index is 0.0801. The number of carbonyl (C=O) groups is 6. The smallest absolute Gasteiger partial charge is 0.315 e. The standard InChI is InChI=1S/C37H56N6O6/c1-11-15-24(28(44)31(46)38-12-2)39-30(45)27-26-23(37(26,9)10)19-43(27)33(48)29(36(6,7)8)41-34(49)40-25(35(3,4)5)20-42-18-21-16-13-14-17-22(21)32(42)47/h13-14,16-17,23-27,29H,11-12,15,18-20H2,1-10H3,(H,38,46)(H,39,45)(H2,40,41,49)/t23-,24?,25+,26-,27-,29+/m0/s1. The van der Waals surface area contributed by atoms with Crippen molar-refractivity contribution in [2.45, 2.75) is 113 Å². The quantitative estimate of drug-likeness (QED) is 0.249. The van der Waals surface area contributed by atoms with Gasteiger partial charge < -0.3 is 31.1 Å². The number of rotatable bonds is 12. The predicted octanol–water partition coefficient (Wildman–Crippen LogP) is 3.24. The Morgan fingerprint density at radius 1 is 0.939 bits per heavy atom. The number of carbonyl (C=O) groups excluding carboxylic acids is 6. The molecule has 12 heteroatoms. The van der Waals surface area contributed by atoms with Crippen molar-refractivity contribution in [1.82, 2.24) is 31.1 Å². The van der Waals surface area contributed by atoms with E-state index in [9.17, 15) is 28.8 Å². The Morgan fingerprint density at radius 3 is 2.16 bits per heavy atom. The predicted molar refractivity (Wildman–Crippen MR) is 186 cm³/mol. The summed E-state index contributed by atoms with van der Waals surface area (Å²) in [7, 11) is 0. The first-order valence-corrected chi connectivity index (χ1v) is 17.6. The topological polar surface area (TPSA) is 157 Å². The lowest BCUT2D eigenvalue weighted by Gasteiger charge is -2.39. The van der Waals surface area contributed by atoms with Gasteiger partial charge in [-0.2, -0.15) is 0 Å². The van der Waals surface area contributed by atoms with Crippen LogP contribution in [0.1, 0.15) is 98.0 Å². The van der Waals surface area contributed by atoms with Crippen LogP contribution in [0.4, 0.5) is 4.79 Å². The number of benzene rings is 1. The van der Waals surface area contributed by atoms with Gasteiger partial charge in [-0.3, -0.25) is 24.0 Å². The highest BCUT2D eigenvalue weighted by molar-refractivity contribution is 6.38. The third-order valence-corrected chi connectivity index (χ3v) is 10.6. The minimum Gasteiger partial charge on any atom is -0.350 e. The molecule has 6 atom stereocenters. The second-order valence-corrected chi connectivity index (χ2v) is 16.6. The lowest BCUT2D eigenvalue weighted by Crippen LogP contribution is -2.62. The zero-order chi connectivity index (χ0) is 36.6. The van der Waals surface area contributed by atoms with Crippen molar-refractivity contribution >= 4 is 35.4 Å². The van der Waals surface area contributed by atoms with Crippen LogP contribution in [0.25, 0.3) is 0 Å². The molecule has 0 radical (unpaired) electrons. The monoisotopic (exact) mass is 680 g/mol. The molecule has 1 unspecified atom stereocenters. The van der Waals surface area contributed by atoms with Crippen molar-refractivity contribution < 1.29 is 28.8 Å². The first kappa shape index (κ1) is 37.9. The van der Waals surface area contributed by atoms with Crippen LogP contribution in [0.5, 0.6) is 0 Å². The zero-order valence-electron chi connectivity index (χ0n) is 30.9. The normalized spacial score (nSPS) is 22.7. The maximum Gasteiger partial charge on any atom is 0.315 e. The van der Waals surface area contributed by atoms with E-state index in [4.69, 9.17) is 0 Å². The highest BCUT2D eigenvalue weighted by Gasteiger charge is 2.70. The summed E-state index contributed by atoms with van der Waals surface area (Å²) in [5.41, 5.74) is 0.290. The fourth-order valence-corrected chi connectivity index (χ4v) is 7.40. The van der Waals surface area contributed by atoms with Crippen LogP contribution in [-0.4, -0.2) is 89.0 Å². The first-order valence-electron chi connectivity index (χ1n) is 17.6. The van der Waals surface area contributed by atoms with E-state index in [1.54, 1.807) is 16.7 Å². The molecule has 2 heterocycles. The molecule has 0 aromatic heterocycles. The van der Waals surface area contributed by atoms with Crippen LogP contribution in [0.3, 0.4) is 0 Å². The molecule has 6 amide bonds. The average molecular weight is 681 g/mol. The van der Waals surface area contributed by atoms with Crippen LogP contribution in [0.2, 0.25) is 0 Å². The molecule has 3 aliphatic rings. The van der Waals surface area contributed by atoms with Crippen molar-refractivity contribution in [2.24, 2.45) is 28.1 Å². The summed E-state index contributed by atoms with van der Waals surface area (Å²) in [6.07, 6.45) is 0.858. The van der Waals surface area contributed by atoms with Gasteiger partial charge in [0.15, 0.2) is 0 Å². The number of nitrogens with zero attached hydrogens (tertiary/aromatic N) is 2. The maximum absolute atomic E-state index is 14.4. The molecule has 1 saturated heterocycles. The van der Waals surface area contributed by atoms with Gasteiger partial charge in [0.2, 0.25) is 17.6 Å². The number of hydrogen-bond acceptors (Lipinski definition) is 6. The van der Waals surface area contributed by atoms with Crippen molar-refractivity contribution in [3.8, 4) is 0 Å². The molecule has 4 N–H and O–H groups in total. The maximum atomic E-state index is 14.4. The number of urea groups is 1. The van der Waals surface area contributed by atoms with E-state index < -0.39 is 58.6 Å². The molecule has 2 aliphatic heterocycles. The number of hydrogen-bond donors (Lipinski definition) is 4. The van der Waals surface area contributed by atoms with Gasteiger partial charge in [-0.05, 0) is 53.1 Å². The second kappa shape index (κ2) is 14.1. The van der Waals surface area contributed by atoms with Gasteiger partial charge in [0, 0.05) is 31.7 Å². The van der Waals surface area contributed by atoms with Gasteiger partial charge >= 0.3 is 6.03 Å². The van der Waals surface area contributed by atoms with Gasteiger partial charge in [0.1, 0.15) is 12.1 Å². The zero-order valence-corrected chi connectivity index (χ0v) is 30.9. The largest absolute Gasteiger partial charge is 0.350 e. The fourth-order valence-electron chi connectivity index (χ4n) is 7.40. The van der Waals surface area contributed by atoms with Crippen molar-refractivity contribution in [3.05, 3.63) is 35.4 Å². The van der Waals surface area contributed by atoms with Crippen LogP contribution in [0, 0.1) is 28.1 Å². The molecule has 49 heavy (non-hydrogen) atoms. The molecule has 1 aromatic carbocycles. The lowest BCUT2D eigenvalue weighted by atomic mass is 9.85. The Morgan fingerprint density at radius 2 is 1.59 bits per heavy atom. The van der Waals surface area contributed by atoms with Gasteiger partial charge in [-0.25, -0.2) is 4.79 Å². The highest BCUT2D eigenvalue weighted by atomic mass is 16.2. The van der Waals surface area contributed by atoms with Crippen LogP contribution in [0.15, 0.2) is 24.3 Å². The number of Topliss-reactive ketones (excluding diaryl/α,β-unsaturated/α-hetero) is 1. The summed E-state index contributed by atoms with van der Waals surface area (Å²) < 4.78 is 0. The number of amides is 6. The number of nitrogens with one attached hydrogen (secondary N) is 4. The van der Waals surface area contributed by atoms with E-state index in [2.05, 4.69) is 35.1 Å². The molecule has 4 rings (SSSR count). The Labute approximate surface area is 290 Å². The van der Waals surface area contributed by atoms with E-state index in [0.717, 1.165) is 5.56 Å². The first-order chi connectivity index (χ1) is 22.7. The SMILES string of the molecule is CCCC(NC(=O)[C@@H]1[C@@H]2[C@H](CN1C(=O)[C@@H](NC(=O)N[C@H](CN1Cc3ccccc3C1=O)C(C)(C)C)C(C)(C)C)C2(C)C)C(=O)C(=O)NCC. The molecule has 270 valence electrons. The molecular weight excluding hydrogens is 624 g/mol. The Hall–Kier alpha value is -3.96. The molecule has 1 saturated carbocycles. The number of fused-ring (bicyclic) bond motifs is 2. The summed E-state index contributed by atoms with van der Waals surface area (Å²) >= 11 is 0. The van der Waals surface area contributed by atoms with E-state index in [-0.39, 0.29) is 42.0 Å². The number of piperidine rings is 1. The van der Waals surface area contributed by atoms with Crippen LogP contribution >= 0.6 is 0 Å². The molecule has 1 aromatic rings. The molecular formula is C37H56N6O6. The summed E-state index contributed by atoms with van der Waals surface area (Å²) in [4.78, 5) is 83.8. The highest BCUT2D eigenvalue weighted by Crippen LogP contribution is 2.65. The van der Waals surface area contributed by atoms with E-state index >= 15 is 0 Å². The Bertz CT molecular complexity index is 1480. The molecule has 0 spiro atoms. The van der Waals surface area contributed by atoms with E-state index in [0.29, 0.717) is 31.6 Å². The molecule has 2 fully saturated rings. The van der Waals surface area contributed by atoms with E-state index in [1.165, 1.54) is 0 Å². The van der Waals surface area contributed by atoms with Gasteiger partial charge in [0.25, 0.3) is 11.8 Å². The van der Waals surface area contributed by atoms with Gasteiger partial charge in [0.05, 0.1) is 12.1 Å². The summed E-state index contributed by atoms with van der Waals surface area (Å²) in [6, 6.07) is 3.67. The molecule has 12 nitrogen and oxygen atoms in total. The average Bonchev–Trinajstić information content (AvgIpc) is 3.29. The van der Waals surface area contributed by atoms with Crippen molar-refractivity contribution in [3.63, 3.8) is 0 Å². The third-order valence-electron chi connectivity index (χ3n) is 10.6. The molecule has 0 bridgehead atoms. The van der Waals surface area contributed by atoms with Crippen LogP contribution < -0.4 is 21.3 Å². The number of likely N-dealkylation sites (N-methyl/N-ethyl adjacent to an activating group) is 1. The Balaban J connectivity index is 1.51. The van der Waals surface area contributed by atoms with Gasteiger partial charge in [-0.1, -0.05) is 86.9 Å². The summed E-state index contributed by atoms with van der Waals surface area (Å²) in [5, 5.41) is 11.3. The summed E-state index contributed by atoms with van der Waals surface area (Å²) in [6.45, 7) is 20.6. The Kier molecular flexibility index (Phi) is 10.9. The molecule has 1 aliphatic carbocycles. The van der Waals surface area contributed by atoms with E-state index in [1.807, 2.05) is 72.7 Å².